The highest BCUT2D eigenvalue weighted by atomic mass is 19.1. The summed E-state index contributed by atoms with van der Waals surface area (Å²) in [6.07, 6.45) is 4.19. The Bertz CT molecular complexity index is 4570. The molecule has 5 aromatic carbocycles. The minimum atomic E-state index is -2.11. The molecule has 6 N–H and O–H groups in total. The largest absolute Gasteiger partial charge is 0.457 e. The normalized spacial score (nSPS) is 15.8. The summed E-state index contributed by atoms with van der Waals surface area (Å²) in [5, 5.41) is 16.6. The lowest BCUT2D eigenvalue weighted by atomic mass is 9.81. The standard InChI is InChI=1S/C73H71FN10O15/c1-6-8-18-58(85)79-54-26-25-47-41(4)53(74)32-55-64(47)65(54)50-37-83-57(66(50)81-55)31-52-51(69(83)93)39-97-71(95)73(52,7-2)99-70(94)48-17-13-12-16-44(48)36-82(5)72(96)98-38-43-20-22-45(23-21-43)78-60(87)35-77-68(92)56(29-42-14-10-9-11-15-42)80-61(88)34-75-59(86)33-76-67(91)49-30-46(24-19-40(49)3)84-62(89)27-28-63(84)90/h9-17,19-24,27-28,30-32,54,56H,6-8,18,25-26,29,33-39H2,1-5H3,(H,75,86)(H,76,91)(H,77,92)(H,78,87)(H,79,85)(H,80,88)/t54-,56-,73-/m0/s1. The summed E-state index contributed by atoms with van der Waals surface area (Å²) in [7, 11) is 1.46. The number of hydrogen-bond acceptors (Lipinski definition) is 16. The van der Waals surface area contributed by atoms with Crippen molar-refractivity contribution in [1.82, 2.24) is 41.0 Å². The van der Waals surface area contributed by atoms with E-state index >= 15 is 4.39 Å². The zero-order valence-corrected chi connectivity index (χ0v) is 54.9. The van der Waals surface area contributed by atoms with E-state index in [4.69, 9.17) is 19.2 Å². The lowest BCUT2D eigenvalue weighted by Gasteiger charge is -2.35. The number of pyridine rings is 2. The average Bonchev–Trinajstić information content (AvgIpc) is 1.62. The van der Waals surface area contributed by atoms with Gasteiger partial charge in [-0.15, -0.1) is 0 Å². The molecule has 2 aromatic heterocycles. The molecule has 3 atom stereocenters. The summed E-state index contributed by atoms with van der Waals surface area (Å²) in [5.41, 5.74) is 4.03. The van der Waals surface area contributed by atoms with Crippen LogP contribution in [0, 0.1) is 19.7 Å². The van der Waals surface area contributed by atoms with Crippen LogP contribution in [0.5, 0.6) is 0 Å². The molecule has 11 rings (SSSR count). The van der Waals surface area contributed by atoms with Crippen LogP contribution in [0.1, 0.15) is 128 Å². The molecule has 99 heavy (non-hydrogen) atoms. The summed E-state index contributed by atoms with van der Waals surface area (Å²) >= 11 is 0. The van der Waals surface area contributed by atoms with E-state index in [-0.39, 0.29) is 66.4 Å². The van der Waals surface area contributed by atoms with Crippen molar-refractivity contribution in [1.29, 1.82) is 0 Å². The highest BCUT2D eigenvalue weighted by Crippen LogP contribution is 2.47. The average molecular weight is 1350 g/mol. The molecule has 0 spiro atoms. The summed E-state index contributed by atoms with van der Waals surface area (Å²) in [6, 6.07) is 27.1. The van der Waals surface area contributed by atoms with Gasteiger partial charge in [-0.05, 0) is 115 Å². The van der Waals surface area contributed by atoms with Crippen molar-refractivity contribution in [2.45, 2.75) is 117 Å². The number of nitrogens with one attached hydrogen (secondary N) is 6. The number of nitrogens with zero attached hydrogens (tertiary/aromatic N) is 4. The number of carbonyl (C=O) groups excluding carboxylic acids is 11. The Hall–Kier alpha value is -11.7. The zero-order chi connectivity index (χ0) is 70.4. The van der Waals surface area contributed by atoms with Crippen molar-refractivity contribution in [3.05, 3.63) is 204 Å². The first kappa shape index (κ1) is 68.7. The number of amides is 9. The Labute approximate surface area is 566 Å². The van der Waals surface area contributed by atoms with Crippen LogP contribution < -0.4 is 42.4 Å². The number of aryl methyl sites for hydroxylation is 2. The fourth-order valence-corrected chi connectivity index (χ4v) is 12.7. The number of aromatic nitrogens is 2. The van der Waals surface area contributed by atoms with Gasteiger partial charge in [0.05, 0.1) is 65.9 Å². The molecule has 25 nitrogen and oxygen atoms in total. The molecule has 0 unspecified atom stereocenters. The van der Waals surface area contributed by atoms with E-state index in [1.807, 2.05) is 6.92 Å². The molecule has 3 aliphatic heterocycles. The van der Waals surface area contributed by atoms with Crippen LogP contribution in [-0.2, 0) is 97.3 Å². The van der Waals surface area contributed by atoms with Crippen molar-refractivity contribution in [3.63, 3.8) is 0 Å². The van der Waals surface area contributed by atoms with Crippen molar-refractivity contribution in [2.75, 3.05) is 36.9 Å². The minimum absolute atomic E-state index is 0.00566. The number of cyclic esters (lactones) is 1. The third kappa shape index (κ3) is 14.6. The Balaban J connectivity index is 0.680. The Morgan fingerprint density at radius 1 is 0.768 bits per heavy atom. The van der Waals surface area contributed by atoms with Crippen LogP contribution >= 0.6 is 0 Å². The number of esters is 2. The maximum absolute atomic E-state index is 15.6. The second kappa shape index (κ2) is 29.3. The highest BCUT2D eigenvalue weighted by molar-refractivity contribution is 6.28. The number of anilines is 2. The SMILES string of the molecule is CCCCC(=O)N[C@H]1CCc2c(C)c(F)cc3nc4c(c1c23)Cn1c-4cc2c(c1=O)COC(=O)[C@@]2(CC)OC(=O)c1ccccc1CN(C)C(=O)OCc1ccc(NC(=O)CNC(=O)[C@H](Cc2ccccc2)NC(=O)CNC(=O)CNC(=O)c2cc(N3C(=O)C=CC3=O)ccc2C)cc1. The molecule has 4 aliphatic rings. The number of benzene rings is 5. The van der Waals surface area contributed by atoms with Gasteiger partial charge in [-0.2, -0.15) is 0 Å². The fourth-order valence-electron chi connectivity index (χ4n) is 12.7. The molecule has 7 aromatic rings. The summed E-state index contributed by atoms with van der Waals surface area (Å²) in [6.45, 7) is 4.67. The van der Waals surface area contributed by atoms with E-state index in [2.05, 4.69) is 31.9 Å². The maximum Gasteiger partial charge on any atom is 0.410 e. The number of halogens is 1. The quantitative estimate of drug-likeness (QED) is 0.0213. The molecular formula is C73H71FN10O15. The van der Waals surface area contributed by atoms with Crippen LogP contribution in [0.15, 0.2) is 126 Å². The second-order valence-electron chi connectivity index (χ2n) is 24.6. The van der Waals surface area contributed by atoms with Gasteiger partial charge in [0.15, 0.2) is 0 Å². The molecule has 0 bridgehead atoms. The maximum atomic E-state index is 15.6. The predicted molar refractivity (Wildman–Crippen MR) is 358 cm³/mol. The Kier molecular flexibility index (Phi) is 20.4. The van der Waals surface area contributed by atoms with Gasteiger partial charge in [-0.25, -0.2) is 28.7 Å². The number of carbonyl (C=O) groups is 11. The molecule has 5 heterocycles. The first-order valence-electron chi connectivity index (χ1n) is 32.3. The Morgan fingerprint density at radius 2 is 1.48 bits per heavy atom. The molecule has 0 radical (unpaired) electrons. The van der Waals surface area contributed by atoms with E-state index in [1.165, 1.54) is 40.8 Å². The number of ether oxygens (including phenoxy) is 3. The lowest BCUT2D eigenvalue weighted by molar-refractivity contribution is -0.173. The first-order chi connectivity index (χ1) is 47.5. The Morgan fingerprint density at radius 3 is 2.22 bits per heavy atom. The first-order valence-corrected chi connectivity index (χ1v) is 32.3. The van der Waals surface area contributed by atoms with E-state index in [0.717, 1.165) is 40.0 Å². The van der Waals surface area contributed by atoms with Gasteiger partial charge in [-0.3, -0.25) is 43.2 Å². The van der Waals surface area contributed by atoms with Gasteiger partial charge < -0.3 is 55.6 Å². The molecular weight excluding hydrogens is 1280 g/mol. The smallest absolute Gasteiger partial charge is 0.410 e. The minimum Gasteiger partial charge on any atom is -0.457 e. The van der Waals surface area contributed by atoms with Gasteiger partial charge in [0.2, 0.25) is 35.1 Å². The van der Waals surface area contributed by atoms with Crippen LogP contribution in [-0.4, -0.2) is 112 Å². The summed E-state index contributed by atoms with van der Waals surface area (Å²) in [5.74, 6) is -7.03. The fraction of sp³-hybridized carbons (Fsp3) is 0.301. The monoisotopic (exact) mass is 1350 g/mol. The summed E-state index contributed by atoms with van der Waals surface area (Å²) < 4.78 is 34.7. The summed E-state index contributed by atoms with van der Waals surface area (Å²) in [4.78, 5) is 167. The van der Waals surface area contributed by atoms with E-state index < -0.39 is 115 Å². The molecule has 510 valence electrons. The van der Waals surface area contributed by atoms with Crippen LogP contribution in [0.4, 0.5) is 20.6 Å². The topological polar surface area (TPSA) is 329 Å². The van der Waals surface area contributed by atoms with Gasteiger partial charge in [0, 0.05) is 72.4 Å². The molecule has 0 fully saturated rings. The van der Waals surface area contributed by atoms with Crippen molar-refractivity contribution < 1.29 is 71.3 Å². The molecule has 0 saturated carbocycles. The van der Waals surface area contributed by atoms with Gasteiger partial charge in [-0.1, -0.05) is 87.0 Å². The van der Waals surface area contributed by atoms with Gasteiger partial charge in [0.1, 0.15) is 25.1 Å². The van der Waals surface area contributed by atoms with E-state index in [1.54, 1.807) is 106 Å². The van der Waals surface area contributed by atoms with Crippen molar-refractivity contribution in [2.24, 2.45) is 0 Å². The van der Waals surface area contributed by atoms with Crippen LogP contribution in [0.2, 0.25) is 0 Å². The third-order valence-corrected chi connectivity index (χ3v) is 18.0. The highest BCUT2D eigenvalue weighted by Gasteiger charge is 2.51. The number of rotatable bonds is 24. The zero-order valence-electron chi connectivity index (χ0n) is 54.9. The molecule has 0 saturated heterocycles. The number of imide groups is 1. The second-order valence-corrected chi connectivity index (χ2v) is 24.6. The van der Waals surface area contributed by atoms with E-state index in [9.17, 15) is 57.5 Å². The lowest BCUT2D eigenvalue weighted by Crippen LogP contribution is -2.52. The van der Waals surface area contributed by atoms with Crippen molar-refractivity contribution in [3.8, 4) is 11.4 Å². The molecule has 1 aliphatic carbocycles. The molecule has 9 amide bonds. The van der Waals surface area contributed by atoms with E-state index in [0.29, 0.717) is 81.7 Å². The third-order valence-electron chi connectivity index (χ3n) is 18.0. The van der Waals surface area contributed by atoms with Gasteiger partial charge >= 0.3 is 18.0 Å². The van der Waals surface area contributed by atoms with Crippen LogP contribution in [0.3, 0.4) is 0 Å². The predicted octanol–water partition coefficient (Wildman–Crippen LogP) is 6.52. The number of fused-ring (bicyclic) bond motifs is 5. The van der Waals surface area contributed by atoms with Crippen molar-refractivity contribution >= 4 is 87.6 Å². The number of unbranched alkanes of at least 4 members (excludes halogenated alkanes) is 1. The van der Waals surface area contributed by atoms with Crippen LogP contribution in [0.25, 0.3) is 22.3 Å². The number of hydrogen-bond donors (Lipinski definition) is 6. The van der Waals surface area contributed by atoms with Gasteiger partial charge in [0.25, 0.3) is 23.3 Å². The molecule has 26 heteroatoms.